The third-order valence-electron chi connectivity index (χ3n) is 3.62. The van der Waals surface area contributed by atoms with Crippen LogP contribution >= 0.6 is 0 Å². The molecule has 0 aromatic heterocycles. The number of rotatable bonds is 4. The molecule has 0 radical (unpaired) electrons. The maximum atomic E-state index is 12.1. The van der Waals surface area contributed by atoms with Crippen LogP contribution in [0.3, 0.4) is 0 Å². The Labute approximate surface area is 114 Å². The van der Waals surface area contributed by atoms with Crippen LogP contribution in [0, 0.1) is 12.8 Å². The van der Waals surface area contributed by atoms with E-state index in [0.717, 1.165) is 18.4 Å². The molecule has 1 aromatic carbocycles. The zero-order chi connectivity index (χ0) is 13.9. The average Bonchev–Trinajstić information content (AvgIpc) is 2.40. The van der Waals surface area contributed by atoms with Crippen LogP contribution in [0.1, 0.15) is 31.2 Å². The minimum Gasteiger partial charge on any atom is -0.396 e. The first kappa shape index (κ1) is 14.5. The lowest BCUT2D eigenvalue weighted by molar-refractivity contribution is 0.109. The average molecular weight is 284 g/mol. The molecule has 0 heterocycles. The van der Waals surface area contributed by atoms with Crippen LogP contribution in [0.15, 0.2) is 29.2 Å². The van der Waals surface area contributed by atoms with Crippen molar-refractivity contribution < 1.29 is 17.7 Å². The lowest BCUT2D eigenvalue weighted by atomic mass is 9.88. The Morgan fingerprint density at radius 1 is 1.16 bits per heavy atom. The fourth-order valence-electron chi connectivity index (χ4n) is 2.35. The minimum absolute atomic E-state index is 0.178. The van der Waals surface area contributed by atoms with Gasteiger partial charge in [0.25, 0.3) is 10.1 Å². The van der Waals surface area contributed by atoms with Crippen LogP contribution in [0.2, 0.25) is 0 Å². The van der Waals surface area contributed by atoms with Crippen molar-refractivity contribution in [3.63, 3.8) is 0 Å². The number of hydrogen-bond acceptors (Lipinski definition) is 4. The van der Waals surface area contributed by atoms with E-state index in [1.165, 1.54) is 0 Å². The maximum Gasteiger partial charge on any atom is 0.297 e. The van der Waals surface area contributed by atoms with Gasteiger partial charge in [0.1, 0.15) is 0 Å². The Morgan fingerprint density at radius 3 is 2.26 bits per heavy atom. The SMILES string of the molecule is Cc1ccc(S(=O)(=O)OC2CCC(CO)CC2)cc1. The van der Waals surface area contributed by atoms with Crippen molar-refractivity contribution in [2.45, 2.75) is 43.6 Å². The number of aliphatic hydroxyl groups excluding tert-OH is 1. The third kappa shape index (κ3) is 3.78. The summed E-state index contributed by atoms with van der Waals surface area (Å²) in [5.41, 5.74) is 1.02. The summed E-state index contributed by atoms with van der Waals surface area (Å²) < 4.78 is 29.5. The highest BCUT2D eigenvalue weighted by atomic mass is 32.2. The fraction of sp³-hybridized carbons (Fsp3) is 0.571. The monoisotopic (exact) mass is 284 g/mol. The van der Waals surface area contributed by atoms with Gasteiger partial charge in [-0.2, -0.15) is 8.42 Å². The van der Waals surface area contributed by atoms with Crippen molar-refractivity contribution in [2.24, 2.45) is 5.92 Å². The zero-order valence-corrected chi connectivity index (χ0v) is 11.9. The van der Waals surface area contributed by atoms with Gasteiger partial charge in [0.2, 0.25) is 0 Å². The van der Waals surface area contributed by atoms with Crippen LogP contribution in [0.4, 0.5) is 0 Å². The Morgan fingerprint density at radius 2 is 1.74 bits per heavy atom. The fourth-order valence-corrected chi connectivity index (χ4v) is 3.48. The van der Waals surface area contributed by atoms with Gasteiger partial charge in [0.15, 0.2) is 0 Å². The molecule has 2 rings (SSSR count). The lowest BCUT2D eigenvalue weighted by Gasteiger charge is -2.26. The molecular formula is C14H20O4S. The molecule has 5 heteroatoms. The Hall–Kier alpha value is -0.910. The Balaban J connectivity index is 2.00. The molecule has 19 heavy (non-hydrogen) atoms. The van der Waals surface area contributed by atoms with E-state index in [9.17, 15) is 8.42 Å². The molecule has 0 saturated heterocycles. The van der Waals surface area contributed by atoms with E-state index in [1.54, 1.807) is 24.3 Å². The second kappa shape index (κ2) is 6.03. The molecule has 0 atom stereocenters. The minimum atomic E-state index is -3.66. The van der Waals surface area contributed by atoms with E-state index in [2.05, 4.69) is 0 Å². The van der Waals surface area contributed by atoms with Gasteiger partial charge < -0.3 is 5.11 Å². The van der Waals surface area contributed by atoms with Gasteiger partial charge in [-0.15, -0.1) is 0 Å². The summed E-state index contributed by atoms with van der Waals surface area (Å²) in [6.07, 6.45) is 2.77. The van der Waals surface area contributed by atoms with Crippen molar-refractivity contribution in [3.8, 4) is 0 Å². The molecule has 1 N–H and O–H groups in total. The Bertz CT molecular complexity index is 499. The summed E-state index contributed by atoms with van der Waals surface area (Å²) in [5.74, 6) is 0.293. The molecule has 1 aliphatic carbocycles. The maximum absolute atomic E-state index is 12.1. The number of hydrogen-bond donors (Lipinski definition) is 1. The summed E-state index contributed by atoms with van der Waals surface area (Å²) >= 11 is 0. The van der Waals surface area contributed by atoms with E-state index in [0.29, 0.717) is 18.8 Å². The van der Waals surface area contributed by atoms with Gasteiger partial charge in [0, 0.05) is 6.61 Å². The van der Waals surface area contributed by atoms with Gasteiger partial charge in [-0.05, 0) is 50.7 Å². The largest absolute Gasteiger partial charge is 0.396 e. The van der Waals surface area contributed by atoms with Gasteiger partial charge in [-0.1, -0.05) is 17.7 Å². The summed E-state index contributed by atoms with van der Waals surface area (Å²) in [5, 5.41) is 9.05. The Kier molecular flexibility index (Phi) is 4.60. The number of aryl methyl sites for hydroxylation is 1. The lowest BCUT2D eigenvalue weighted by Crippen LogP contribution is -2.25. The van der Waals surface area contributed by atoms with Gasteiger partial charge in [0.05, 0.1) is 11.0 Å². The van der Waals surface area contributed by atoms with Crippen LogP contribution in [0.25, 0.3) is 0 Å². The second-order valence-corrected chi connectivity index (χ2v) is 6.76. The van der Waals surface area contributed by atoms with Gasteiger partial charge in [-0.3, -0.25) is 4.18 Å². The highest BCUT2D eigenvalue weighted by molar-refractivity contribution is 7.86. The first-order valence-electron chi connectivity index (χ1n) is 6.62. The number of aliphatic hydroxyl groups is 1. The molecular weight excluding hydrogens is 264 g/mol. The standard InChI is InChI=1S/C14H20O4S/c1-11-2-8-14(9-3-11)19(16,17)18-13-6-4-12(10-15)5-7-13/h2-3,8-9,12-13,15H,4-7,10H2,1H3. The summed E-state index contributed by atoms with van der Waals surface area (Å²) in [7, 11) is -3.66. The van der Waals surface area contributed by atoms with Crippen LogP contribution in [-0.4, -0.2) is 26.2 Å². The predicted molar refractivity (Wildman–Crippen MR) is 72.3 cm³/mol. The van der Waals surface area contributed by atoms with Gasteiger partial charge in [-0.25, -0.2) is 0 Å². The molecule has 4 nitrogen and oxygen atoms in total. The van der Waals surface area contributed by atoms with E-state index >= 15 is 0 Å². The highest BCUT2D eigenvalue weighted by Crippen LogP contribution is 2.28. The molecule has 1 fully saturated rings. The number of benzene rings is 1. The molecule has 1 aliphatic rings. The molecule has 0 unspecified atom stereocenters. The normalized spacial score (nSPS) is 24.3. The van der Waals surface area contributed by atoms with E-state index in [4.69, 9.17) is 9.29 Å². The van der Waals surface area contributed by atoms with Crippen molar-refractivity contribution in [1.82, 2.24) is 0 Å². The molecule has 0 bridgehead atoms. The zero-order valence-electron chi connectivity index (χ0n) is 11.1. The molecule has 0 aliphatic heterocycles. The van der Waals surface area contributed by atoms with Crippen LogP contribution in [-0.2, 0) is 14.3 Å². The summed E-state index contributed by atoms with van der Waals surface area (Å²) in [6, 6.07) is 6.67. The van der Waals surface area contributed by atoms with E-state index in [-0.39, 0.29) is 17.6 Å². The molecule has 1 aromatic rings. The smallest absolute Gasteiger partial charge is 0.297 e. The first-order valence-corrected chi connectivity index (χ1v) is 8.03. The molecule has 0 spiro atoms. The van der Waals surface area contributed by atoms with Crippen LogP contribution in [0.5, 0.6) is 0 Å². The van der Waals surface area contributed by atoms with E-state index in [1.807, 2.05) is 6.92 Å². The van der Waals surface area contributed by atoms with Crippen molar-refractivity contribution in [2.75, 3.05) is 6.61 Å². The summed E-state index contributed by atoms with van der Waals surface area (Å²) in [4.78, 5) is 0.211. The van der Waals surface area contributed by atoms with Crippen molar-refractivity contribution >= 4 is 10.1 Å². The molecule has 1 saturated carbocycles. The van der Waals surface area contributed by atoms with Crippen molar-refractivity contribution in [1.29, 1.82) is 0 Å². The van der Waals surface area contributed by atoms with E-state index < -0.39 is 10.1 Å². The van der Waals surface area contributed by atoms with Crippen LogP contribution < -0.4 is 0 Å². The predicted octanol–water partition coefficient (Wildman–Crippen LogP) is 2.25. The molecule has 106 valence electrons. The first-order chi connectivity index (χ1) is 9.01. The van der Waals surface area contributed by atoms with Gasteiger partial charge >= 0.3 is 0 Å². The molecule has 0 amide bonds. The highest BCUT2D eigenvalue weighted by Gasteiger charge is 2.26. The quantitative estimate of drug-likeness (QED) is 0.861. The summed E-state index contributed by atoms with van der Waals surface area (Å²) in [6.45, 7) is 2.09. The van der Waals surface area contributed by atoms with Crippen molar-refractivity contribution in [3.05, 3.63) is 29.8 Å². The third-order valence-corrected chi connectivity index (χ3v) is 5.00. The second-order valence-electron chi connectivity index (χ2n) is 5.19. The topological polar surface area (TPSA) is 63.6 Å².